The van der Waals surface area contributed by atoms with Gasteiger partial charge in [0.2, 0.25) is 11.8 Å². The first-order valence-corrected chi connectivity index (χ1v) is 9.54. The minimum atomic E-state index is -1.10. The molecule has 29 heavy (non-hydrogen) atoms. The molecule has 0 unspecified atom stereocenters. The summed E-state index contributed by atoms with van der Waals surface area (Å²) < 4.78 is 13.7. The Bertz CT molecular complexity index is 905. The van der Waals surface area contributed by atoms with Crippen LogP contribution in [0.4, 0.5) is 10.1 Å². The Morgan fingerprint density at radius 2 is 1.72 bits per heavy atom. The Kier molecular flexibility index (Phi) is 6.26. The summed E-state index contributed by atoms with van der Waals surface area (Å²) in [6.45, 7) is -0.421. The van der Waals surface area contributed by atoms with Gasteiger partial charge in [0.1, 0.15) is 12.4 Å². The molecule has 1 saturated carbocycles. The van der Waals surface area contributed by atoms with Gasteiger partial charge in [0.15, 0.2) is 0 Å². The van der Waals surface area contributed by atoms with E-state index in [0.717, 1.165) is 12.8 Å². The third-order valence-electron chi connectivity index (χ3n) is 5.28. The van der Waals surface area contributed by atoms with Gasteiger partial charge < -0.3 is 15.7 Å². The SMILES string of the molecule is O=C(O)CNC(=O)Cc1ccc(NC(=O)C2(c3cccc(F)c3)CCCC2)cc1. The van der Waals surface area contributed by atoms with Gasteiger partial charge in [0.05, 0.1) is 11.8 Å². The fourth-order valence-electron chi connectivity index (χ4n) is 3.79. The van der Waals surface area contributed by atoms with Crippen molar-refractivity contribution in [2.75, 3.05) is 11.9 Å². The molecular weight excluding hydrogens is 375 g/mol. The van der Waals surface area contributed by atoms with Crippen LogP contribution in [0.1, 0.15) is 36.8 Å². The molecule has 7 heteroatoms. The van der Waals surface area contributed by atoms with Crippen LogP contribution in [0.25, 0.3) is 0 Å². The van der Waals surface area contributed by atoms with Crippen LogP contribution in [0, 0.1) is 5.82 Å². The monoisotopic (exact) mass is 398 g/mol. The number of hydrogen-bond acceptors (Lipinski definition) is 3. The highest BCUT2D eigenvalue weighted by atomic mass is 19.1. The smallest absolute Gasteiger partial charge is 0.322 e. The predicted octanol–water partition coefficient (Wildman–Crippen LogP) is 3.02. The number of rotatable bonds is 7. The number of carboxylic acids is 1. The molecule has 0 atom stereocenters. The Morgan fingerprint density at radius 3 is 2.34 bits per heavy atom. The van der Waals surface area contributed by atoms with Crippen molar-refractivity contribution in [3.63, 3.8) is 0 Å². The summed E-state index contributed by atoms with van der Waals surface area (Å²) in [5.74, 6) is -2.00. The van der Waals surface area contributed by atoms with Gasteiger partial charge in [-0.05, 0) is 48.2 Å². The van der Waals surface area contributed by atoms with E-state index < -0.39 is 17.9 Å². The second-order valence-electron chi connectivity index (χ2n) is 7.30. The van der Waals surface area contributed by atoms with Crippen molar-refractivity contribution in [1.29, 1.82) is 0 Å². The third kappa shape index (κ3) is 4.99. The molecule has 0 bridgehead atoms. The van der Waals surface area contributed by atoms with Crippen molar-refractivity contribution in [2.24, 2.45) is 0 Å². The number of benzene rings is 2. The lowest BCUT2D eigenvalue weighted by Gasteiger charge is -2.28. The number of carbonyl (C=O) groups is 3. The van der Waals surface area contributed by atoms with Crippen LogP contribution in [0.3, 0.4) is 0 Å². The van der Waals surface area contributed by atoms with Crippen LogP contribution < -0.4 is 10.6 Å². The lowest BCUT2D eigenvalue weighted by atomic mass is 9.78. The second-order valence-corrected chi connectivity index (χ2v) is 7.30. The lowest BCUT2D eigenvalue weighted by molar-refractivity contribution is -0.137. The van der Waals surface area contributed by atoms with Gasteiger partial charge in [0, 0.05) is 5.69 Å². The van der Waals surface area contributed by atoms with E-state index in [9.17, 15) is 18.8 Å². The van der Waals surface area contributed by atoms with Gasteiger partial charge >= 0.3 is 5.97 Å². The first kappa shape index (κ1) is 20.5. The van der Waals surface area contributed by atoms with Crippen molar-refractivity contribution < 1.29 is 23.9 Å². The largest absolute Gasteiger partial charge is 0.480 e. The first-order valence-electron chi connectivity index (χ1n) is 9.54. The Hall–Kier alpha value is -3.22. The van der Waals surface area contributed by atoms with E-state index in [-0.39, 0.29) is 24.1 Å². The van der Waals surface area contributed by atoms with E-state index in [1.165, 1.54) is 12.1 Å². The van der Waals surface area contributed by atoms with E-state index in [0.29, 0.717) is 29.7 Å². The molecule has 0 aromatic heterocycles. The normalized spacial score (nSPS) is 14.9. The number of halogens is 1. The molecular formula is C22H23FN2O4. The van der Waals surface area contributed by atoms with Crippen molar-refractivity contribution in [1.82, 2.24) is 5.32 Å². The standard InChI is InChI=1S/C22H23FN2O4/c23-17-5-3-4-16(13-17)22(10-1-2-11-22)21(29)25-18-8-6-15(7-9-18)12-19(26)24-14-20(27)28/h3-9,13H,1-2,10-12,14H2,(H,24,26)(H,25,29)(H,27,28). The summed E-state index contributed by atoms with van der Waals surface area (Å²) in [7, 11) is 0. The van der Waals surface area contributed by atoms with E-state index in [4.69, 9.17) is 5.11 Å². The fraction of sp³-hybridized carbons (Fsp3) is 0.318. The molecule has 0 spiro atoms. The molecule has 6 nitrogen and oxygen atoms in total. The minimum absolute atomic E-state index is 0.0503. The molecule has 0 heterocycles. The zero-order valence-electron chi connectivity index (χ0n) is 15.9. The second kappa shape index (κ2) is 8.86. The van der Waals surface area contributed by atoms with Gasteiger partial charge in [-0.25, -0.2) is 4.39 Å². The molecule has 2 aromatic carbocycles. The van der Waals surface area contributed by atoms with Crippen molar-refractivity contribution in [3.05, 3.63) is 65.5 Å². The third-order valence-corrected chi connectivity index (χ3v) is 5.28. The number of anilines is 1. The molecule has 3 N–H and O–H groups in total. The van der Waals surface area contributed by atoms with Crippen LogP contribution in [0.5, 0.6) is 0 Å². The number of nitrogens with one attached hydrogen (secondary N) is 2. The fourth-order valence-corrected chi connectivity index (χ4v) is 3.79. The number of hydrogen-bond donors (Lipinski definition) is 3. The van der Waals surface area contributed by atoms with E-state index in [1.807, 2.05) is 0 Å². The average Bonchev–Trinajstić information content (AvgIpc) is 3.19. The van der Waals surface area contributed by atoms with Gasteiger partial charge in [-0.1, -0.05) is 37.1 Å². The molecule has 1 fully saturated rings. The Labute approximate surface area is 168 Å². The maximum Gasteiger partial charge on any atom is 0.322 e. The minimum Gasteiger partial charge on any atom is -0.480 e. The Balaban J connectivity index is 1.68. The first-order chi connectivity index (χ1) is 13.9. The van der Waals surface area contributed by atoms with Gasteiger partial charge in [-0.15, -0.1) is 0 Å². The summed E-state index contributed by atoms with van der Waals surface area (Å²) in [6, 6.07) is 13.0. The van der Waals surface area contributed by atoms with Crippen molar-refractivity contribution in [3.8, 4) is 0 Å². The molecule has 3 rings (SSSR count). The van der Waals surface area contributed by atoms with E-state index in [1.54, 1.807) is 36.4 Å². The molecule has 152 valence electrons. The highest BCUT2D eigenvalue weighted by Gasteiger charge is 2.42. The average molecular weight is 398 g/mol. The van der Waals surface area contributed by atoms with E-state index >= 15 is 0 Å². The molecule has 0 saturated heterocycles. The summed E-state index contributed by atoms with van der Waals surface area (Å²) in [6.07, 6.45) is 3.21. The summed E-state index contributed by atoms with van der Waals surface area (Å²) in [4.78, 5) is 35.3. The van der Waals surface area contributed by atoms with Crippen LogP contribution in [-0.4, -0.2) is 29.4 Å². The van der Waals surface area contributed by atoms with Gasteiger partial charge in [-0.3, -0.25) is 14.4 Å². The number of carbonyl (C=O) groups excluding carboxylic acids is 2. The van der Waals surface area contributed by atoms with Crippen molar-refractivity contribution >= 4 is 23.5 Å². The molecule has 1 aliphatic carbocycles. The Morgan fingerprint density at radius 1 is 1.03 bits per heavy atom. The van der Waals surface area contributed by atoms with Gasteiger partial charge in [-0.2, -0.15) is 0 Å². The van der Waals surface area contributed by atoms with Crippen LogP contribution >= 0.6 is 0 Å². The molecule has 0 aliphatic heterocycles. The lowest BCUT2D eigenvalue weighted by Crippen LogP contribution is -2.38. The molecule has 2 amide bonds. The van der Waals surface area contributed by atoms with E-state index in [2.05, 4.69) is 10.6 Å². The van der Waals surface area contributed by atoms with Crippen LogP contribution in [0.2, 0.25) is 0 Å². The maximum absolute atomic E-state index is 13.7. The number of aliphatic carboxylic acids is 1. The maximum atomic E-state index is 13.7. The molecule has 2 aromatic rings. The number of carboxylic acid groups (broad SMARTS) is 1. The van der Waals surface area contributed by atoms with Crippen molar-refractivity contribution in [2.45, 2.75) is 37.5 Å². The van der Waals surface area contributed by atoms with Gasteiger partial charge in [0.25, 0.3) is 0 Å². The highest BCUT2D eigenvalue weighted by Crippen LogP contribution is 2.42. The summed E-state index contributed by atoms with van der Waals surface area (Å²) >= 11 is 0. The number of amides is 2. The van der Waals surface area contributed by atoms with Crippen LogP contribution in [-0.2, 0) is 26.2 Å². The van der Waals surface area contributed by atoms with Crippen LogP contribution in [0.15, 0.2) is 48.5 Å². The summed E-state index contributed by atoms with van der Waals surface area (Å²) in [5.41, 5.74) is 1.25. The molecule has 1 aliphatic rings. The quantitative estimate of drug-likeness (QED) is 0.668. The topological polar surface area (TPSA) is 95.5 Å². The summed E-state index contributed by atoms with van der Waals surface area (Å²) in [5, 5.41) is 13.8. The zero-order valence-corrected chi connectivity index (χ0v) is 15.9. The highest BCUT2D eigenvalue weighted by molar-refractivity contribution is 5.99. The zero-order chi connectivity index (χ0) is 20.9. The predicted molar refractivity (Wildman–Crippen MR) is 106 cm³/mol. The molecule has 0 radical (unpaired) electrons.